The Morgan fingerprint density at radius 3 is 2.67 bits per heavy atom. The van der Waals surface area contributed by atoms with Gasteiger partial charge in [0.2, 0.25) is 0 Å². The highest BCUT2D eigenvalue weighted by molar-refractivity contribution is 5.48. The minimum absolute atomic E-state index is 0.138. The second-order valence-corrected chi connectivity index (χ2v) is 6.22. The molecule has 1 heterocycles. The largest absolute Gasteiger partial charge is 0.493 e. The van der Waals surface area contributed by atoms with Crippen LogP contribution >= 0.6 is 0 Å². The second kappa shape index (κ2) is 7.14. The van der Waals surface area contributed by atoms with Gasteiger partial charge in [0.15, 0.2) is 11.5 Å². The fourth-order valence-electron chi connectivity index (χ4n) is 3.34. The average Bonchev–Trinajstić information content (AvgIpc) is 2.46. The third-order valence-electron chi connectivity index (χ3n) is 4.13. The third-order valence-corrected chi connectivity index (χ3v) is 4.13. The molecule has 0 aromatic heterocycles. The maximum absolute atomic E-state index is 6.45. The molecule has 0 bridgehead atoms. The number of nitrogens with zero attached hydrogens (tertiary/aromatic N) is 1. The SMILES string of the molecule is COc1cccc(C2C(N)CCCN2CC(C)C)c1OC. The number of para-hydroxylation sites is 1. The molecule has 2 atom stereocenters. The van der Waals surface area contributed by atoms with E-state index in [0.29, 0.717) is 5.92 Å². The Balaban J connectivity index is 2.39. The van der Waals surface area contributed by atoms with E-state index in [1.165, 1.54) is 0 Å². The molecule has 2 N–H and O–H groups in total. The van der Waals surface area contributed by atoms with Crippen LogP contribution in [0.3, 0.4) is 0 Å². The Kier molecular flexibility index (Phi) is 5.48. The molecule has 0 aliphatic carbocycles. The van der Waals surface area contributed by atoms with E-state index in [1.54, 1.807) is 14.2 Å². The normalized spacial score (nSPS) is 23.3. The zero-order chi connectivity index (χ0) is 15.4. The molecule has 1 saturated heterocycles. The molecule has 2 unspecified atom stereocenters. The minimum Gasteiger partial charge on any atom is -0.493 e. The standard InChI is InChI=1S/C17H28N2O2/c1-12(2)11-19-10-6-8-14(18)16(19)13-7-5-9-15(20-3)17(13)21-4/h5,7,9,12,14,16H,6,8,10-11,18H2,1-4H3. The van der Waals surface area contributed by atoms with Crippen LogP contribution in [0.4, 0.5) is 0 Å². The van der Waals surface area contributed by atoms with E-state index in [0.717, 1.165) is 43.0 Å². The van der Waals surface area contributed by atoms with Gasteiger partial charge in [-0.05, 0) is 31.4 Å². The van der Waals surface area contributed by atoms with Crippen LogP contribution in [0.15, 0.2) is 18.2 Å². The zero-order valence-electron chi connectivity index (χ0n) is 13.6. The van der Waals surface area contributed by atoms with Gasteiger partial charge in [-0.3, -0.25) is 4.90 Å². The van der Waals surface area contributed by atoms with Gasteiger partial charge in [-0.15, -0.1) is 0 Å². The van der Waals surface area contributed by atoms with Gasteiger partial charge in [0.1, 0.15) is 0 Å². The molecule has 118 valence electrons. The van der Waals surface area contributed by atoms with Crippen LogP contribution in [0.1, 0.15) is 38.3 Å². The first-order valence-corrected chi connectivity index (χ1v) is 7.79. The van der Waals surface area contributed by atoms with Crippen molar-refractivity contribution in [3.63, 3.8) is 0 Å². The van der Waals surface area contributed by atoms with Crippen molar-refractivity contribution in [1.29, 1.82) is 0 Å². The summed E-state index contributed by atoms with van der Waals surface area (Å²) in [5.74, 6) is 2.21. The molecule has 0 amide bonds. The van der Waals surface area contributed by atoms with E-state index in [2.05, 4.69) is 24.8 Å². The molecule has 4 nitrogen and oxygen atoms in total. The van der Waals surface area contributed by atoms with Crippen LogP contribution in [-0.4, -0.2) is 38.3 Å². The van der Waals surface area contributed by atoms with Crippen LogP contribution in [0.5, 0.6) is 11.5 Å². The van der Waals surface area contributed by atoms with E-state index in [1.807, 2.05) is 12.1 Å². The topological polar surface area (TPSA) is 47.7 Å². The zero-order valence-corrected chi connectivity index (χ0v) is 13.6. The molecule has 1 aromatic rings. The molecular weight excluding hydrogens is 264 g/mol. The maximum atomic E-state index is 6.45. The number of benzene rings is 1. The molecule has 2 rings (SSSR count). The van der Waals surface area contributed by atoms with Crippen molar-refractivity contribution in [3.05, 3.63) is 23.8 Å². The Hall–Kier alpha value is -1.26. The van der Waals surface area contributed by atoms with Crippen LogP contribution in [0.25, 0.3) is 0 Å². The number of hydrogen-bond donors (Lipinski definition) is 1. The molecule has 1 aliphatic rings. The van der Waals surface area contributed by atoms with Gasteiger partial charge in [-0.1, -0.05) is 26.0 Å². The van der Waals surface area contributed by atoms with Crippen LogP contribution in [0, 0.1) is 5.92 Å². The van der Waals surface area contributed by atoms with E-state index < -0.39 is 0 Å². The number of hydrogen-bond acceptors (Lipinski definition) is 4. The lowest BCUT2D eigenvalue weighted by Crippen LogP contribution is -2.47. The van der Waals surface area contributed by atoms with Crippen molar-refractivity contribution in [3.8, 4) is 11.5 Å². The minimum atomic E-state index is 0.138. The van der Waals surface area contributed by atoms with E-state index in [9.17, 15) is 0 Å². The summed E-state index contributed by atoms with van der Waals surface area (Å²) in [5.41, 5.74) is 7.60. The lowest BCUT2D eigenvalue weighted by Gasteiger charge is -2.41. The van der Waals surface area contributed by atoms with Crippen molar-refractivity contribution in [1.82, 2.24) is 4.90 Å². The Bertz CT molecular complexity index is 462. The first-order chi connectivity index (χ1) is 10.1. The molecule has 1 aromatic carbocycles. The Morgan fingerprint density at radius 1 is 1.29 bits per heavy atom. The van der Waals surface area contributed by atoms with E-state index in [4.69, 9.17) is 15.2 Å². The molecule has 0 spiro atoms. The van der Waals surface area contributed by atoms with Gasteiger partial charge < -0.3 is 15.2 Å². The van der Waals surface area contributed by atoms with Crippen LogP contribution in [-0.2, 0) is 0 Å². The molecule has 4 heteroatoms. The predicted molar refractivity (Wildman–Crippen MR) is 85.9 cm³/mol. The monoisotopic (exact) mass is 292 g/mol. The van der Waals surface area contributed by atoms with E-state index in [-0.39, 0.29) is 12.1 Å². The fraction of sp³-hybridized carbons (Fsp3) is 0.647. The van der Waals surface area contributed by atoms with Crippen LogP contribution in [0.2, 0.25) is 0 Å². The molecule has 0 saturated carbocycles. The van der Waals surface area contributed by atoms with Crippen molar-refractivity contribution in [2.45, 2.75) is 38.8 Å². The van der Waals surface area contributed by atoms with Crippen molar-refractivity contribution < 1.29 is 9.47 Å². The van der Waals surface area contributed by atoms with Crippen LogP contribution < -0.4 is 15.2 Å². The van der Waals surface area contributed by atoms with Gasteiger partial charge in [0.25, 0.3) is 0 Å². The summed E-state index contributed by atoms with van der Waals surface area (Å²) in [6.45, 7) is 6.65. The summed E-state index contributed by atoms with van der Waals surface area (Å²) in [7, 11) is 3.37. The lowest BCUT2D eigenvalue weighted by molar-refractivity contribution is 0.111. The number of ether oxygens (including phenoxy) is 2. The molecule has 1 aliphatic heterocycles. The third kappa shape index (κ3) is 3.50. The molecule has 1 fully saturated rings. The summed E-state index contributed by atoms with van der Waals surface area (Å²) in [6.07, 6.45) is 2.22. The summed E-state index contributed by atoms with van der Waals surface area (Å²) in [4.78, 5) is 2.50. The number of likely N-dealkylation sites (tertiary alicyclic amines) is 1. The lowest BCUT2D eigenvalue weighted by atomic mass is 9.89. The number of methoxy groups -OCH3 is 2. The van der Waals surface area contributed by atoms with Gasteiger partial charge in [-0.25, -0.2) is 0 Å². The summed E-state index contributed by atoms with van der Waals surface area (Å²) in [6, 6.07) is 6.41. The number of nitrogens with two attached hydrogens (primary N) is 1. The number of piperidine rings is 1. The summed E-state index contributed by atoms with van der Waals surface area (Å²) < 4.78 is 11.0. The molecule has 21 heavy (non-hydrogen) atoms. The second-order valence-electron chi connectivity index (χ2n) is 6.22. The highest BCUT2D eigenvalue weighted by Crippen LogP contribution is 2.40. The van der Waals surface area contributed by atoms with Crippen molar-refractivity contribution in [2.24, 2.45) is 11.7 Å². The van der Waals surface area contributed by atoms with Gasteiger partial charge in [0.05, 0.1) is 20.3 Å². The average molecular weight is 292 g/mol. The summed E-state index contributed by atoms with van der Waals surface area (Å²) >= 11 is 0. The van der Waals surface area contributed by atoms with Crippen molar-refractivity contribution in [2.75, 3.05) is 27.3 Å². The number of rotatable bonds is 5. The summed E-state index contributed by atoms with van der Waals surface area (Å²) in [5, 5.41) is 0. The smallest absolute Gasteiger partial charge is 0.165 e. The predicted octanol–water partition coefficient (Wildman–Crippen LogP) is 2.82. The van der Waals surface area contributed by atoms with Gasteiger partial charge >= 0.3 is 0 Å². The first-order valence-electron chi connectivity index (χ1n) is 7.79. The highest BCUT2D eigenvalue weighted by Gasteiger charge is 2.33. The highest BCUT2D eigenvalue weighted by atomic mass is 16.5. The fourth-order valence-corrected chi connectivity index (χ4v) is 3.34. The van der Waals surface area contributed by atoms with E-state index >= 15 is 0 Å². The van der Waals surface area contributed by atoms with Gasteiger partial charge in [0, 0.05) is 18.2 Å². The Labute approximate surface area is 128 Å². The first kappa shape index (κ1) is 16.1. The van der Waals surface area contributed by atoms with Crippen molar-refractivity contribution >= 4 is 0 Å². The maximum Gasteiger partial charge on any atom is 0.165 e. The quantitative estimate of drug-likeness (QED) is 0.906. The molecule has 0 radical (unpaired) electrons. The molecular formula is C17H28N2O2. The van der Waals surface area contributed by atoms with Gasteiger partial charge in [-0.2, -0.15) is 0 Å². The Morgan fingerprint density at radius 2 is 2.05 bits per heavy atom.